The highest BCUT2D eigenvalue weighted by molar-refractivity contribution is 6.09. The number of anilines is 1. The first kappa shape index (κ1) is 32.1. The van der Waals surface area contributed by atoms with Crippen molar-refractivity contribution >= 4 is 28.5 Å². The normalized spacial score (nSPS) is 20.2. The molecule has 252 valence electrons. The minimum Gasteiger partial charge on any atom is -0.482 e. The molecule has 11 nitrogen and oxygen atoms in total. The molecule has 0 spiro atoms. The van der Waals surface area contributed by atoms with E-state index in [2.05, 4.69) is 23.7 Å². The number of amides is 2. The molecule has 1 aromatic carbocycles. The van der Waals surface area contributed by atoms with Gasteiger partial charge in [0.25, 0.3) is 11.8 Å². The van der Waals surface area contributed by atoms with Gasteiger partial charge in [-0.05, 0) is 55.7 Å². The number of fused-ring (bicyclic) bond motifs is 2. The largest absolute Gasteiger partial charge is 0.482 e. The van der Waals surface area contributed by atoms with Crippen molar-refractivity contribution in [2.75, 3.05) is 31.7 Å². The third-order valence-electron chi connectivity index (χ3n) is 9.81. The number of nitrogens with two attached hydrogens (primary N) is 1. The van der Waals surface area contributed by atoms with E-state index >= 15 is 0 Å². The summed E-state index contributed by atoms with van der Waals surface area (Å²) in [6.07, 6.45) is 7.56. The fourth-order valence-electron chi connectivity index (χ4n) is 7.24. The van der Waals surface area contributed by atoms with Crippen LogP contribution in [0.2, 0.25) is 0 Å². The fraction of sp³-hybridized carbons (Fsp3) is 0.457. The van der Waals surface area contributed by atoms with Crippen LogP contribution in [-0.2, 0) is 22.5 Å². The van der Waals surface area contributed by atoms with Crippen molar-refractivity contribution in [3.63, 3.8) is 0 Å². The lowest BCUT2D eigenvalue weighted by Crippen LogP contribution is -2.50. The van der Waals surface area contributed by atoms with Gasteiger partial charge >= 0.3 is 0 Å². The van der Waals surface area contributed by atoms with Crippen molar-refractivity contribution in [3.8, 4) is 16.9 Å². The number of pyridine rings is 2. The van der Waals surface area contributed by atoms with Crippen molar-refractivity contribution in [1.82, 2.24) is 24.6 Å². The molecule has 2 N–H and O–H groups in total. The number of carbonyl (C=O) groups is 2. The summed E-state index contributed by atoms with van der Waals surface area (Å²) in [7, 11) is 1.78. The molecule has 0 unspecified atom stereocenters. The number of ether oxygens (including phenoxy) is 2. The second-order valence-corrected chi connectivity index (χ2v) is 13.4. The van der Waals surface area contributed by atoms with Gasteiger partial charge in [-0.1, -0.05) is 19.9 Å². The highest BCUT2D eigenvalue weighted by Gasteiger charge is 2.36. The summed E-state index contributed by atoms with van der Waals surface area (Å²) in [5, 5.41) is 5.53. The van der Waals surface area contributed by atoms with Gasteiger partial charge in [-0.15, -0.1) is 0 Å². The zero-order valence-corrected chi connectivity index (χ0v) is 27.3. The molecule has 1 saturated carbocycles. The molecule has 0 bridgehead atoms. The Hall–Kier alpha value is -4.49. The number of halogens is 2. The maximum absolute atomic E-state index is 14.5. The number of nitrogens with zero attached hydrogens (tertiary/aromatic N) is 6. The van der Waals surface area contributed by atoms with Crippen LogP contribution in [-0.4, -0.2) is 75.4 Å². The van der Waals surface area contributed by atoms with Gasteiger partial charge in [0.05, 0.1) is 53.7 Å². The highest BCUT2D eigenvalue weighted by Crippen LogP contribution is 2.42. The number of primary amides is 1. The van der Waals surface area contributed by atoms with Crippen LogP contribution in [0, 0.1) is 17.6 Å². The van der Waals surface area contributed by atoms with E-state index in [0.29, 0.717) is 63.4 Å². The Morgan fingerprint density at radius 3 is 2.56 bits per heavy atom. The summed E-state index contributed by atoms with van der Waals surface area (Å²) in [6.45, 7) is 5.57. The lowest BCUT2D eigenvalue weighted by atomic mass is 9.86. The van der Waals surface area contributed by atoms with Gasteiger partial charge < -0.3 is 20.1 Å². The second kappa shape index (κ2) is 12.8. The summed E-state index contributed by atoms with van der Waals surface area (Å²) < 4.78 is 41.3. The van der Waals surface area contributed by atoms with Crippen LogP contribution in [0.5, 0.6) is 5.75 Å². The highest BCUT2D eigenvalue weighted by atomic mass is 19.1. The zero-order chi connectivity index (χ0) is 33.7. The minimum absolute atomic E-state index is 0.0723. The van der Waals surface area contributed by atoms with Gasteiger partial charge in [-0.3, -0.25) is 19.5 Å². The topological polar surface area (TPSA) is 129 Å². The molecule has 2 fully saturated rings. The first-order valence-corrected chi connectivity index (χ1v) is 16.5. The van der Waals surface area contributed by atoms with E-state index in [-0.39, 0.29) is 30.8 Å². The van der Waals surface area contributed by atoms with Gasteiger partial charge in [0.15, 0.2) is 12.3 Å². The molecule has 0 atom stereocenters. The number of methoxy groups -OCH3 is 1. The van der Waals surface area contributed by atoms with Crippen LogP contribution in [0.25, 0.3) is 22.2 Å². The number of aromatic nitrogens is 4. The van der Waals surface area contributed by atoms with Gasteiger partial charge in [-0.25, -0.2) is 18.4 Å². The third-order valence-corrected chi connectivity index (χ3v) is 9.81. The average Bonchev–Trinajstić information content (AvgIpc) is 3.45. The second-order valence-electron chi connectivity index (χ2n) is 13.4. The van der Waals surface area contributed by atoms with Crippen LogP contribution >= 0.6 is 0 Å². The van der Waals surface area contributed by atoms with E-state index in [9.17, 15) is 18.4 Å². The van der Waals surface area contributed by atoms with Crippen molar-refractivity contribution in [3.05, 3.63) is 65.2 Å². The molecule has 3 aromatic heterocycles. The maximum Gasteiger partial charge on any atom is 0.265 e. The quantitative estimate of drug-likeness (QED) is 0.271. The lowest BCUT2D eigenvalue weighted by Gasteiger charge is -2.45. The monoisotopic (exact) mass is 659 g/mol. The van der Waals surface area contributed by atoms with E-state index in [1.54, 1.807) is 31.5 Å². The van der Waals surface area contributed by atoms with Crippen LogP contribution < -0.4 is 15.4 Å². The van der Waals surface area contributed by atoms with E-state index < -0.39 is 23.4 Å². The Kier molecular flexibility index (Phi) is 8.58. The van der Waals surface area contributed by atoms with Crippen molar-refractivity contribution in [1.29, 1.82) is 0 Å². The number of carbonyl (C=O) groups excluding carboxylic acids is 2. The number of rotatable bonds is 9. The Bertz CT molecular complexity index is 1880. The number of hydrogen-bond acceptors (Lipinski definition) is 8. The van der Waals surface area contributed by atoms with Crippen molar-refractivity contribution in [2.24, 2.45) is 11.7 Å². The molecule has 3 aliphatic rings. The Balaban J connectivity index is 1.26. The predicted octanol–water partition coefficient (Wildman–Crippen LogP) is 4.81. The zero-order valence-electron chi connectivity index (χ0n) is 27.3. The first-order chi connectivity index (χ1) is 23.1. The van der Waals surface area contributed by atoms with Gasteiger partial charge in [0.2, 0.25) is 0 Å². The van der Waals surface area contributed by atoms with Crippen molar-refractivity contribution in [2.45, 2.75) is 70.7 Å². The maximum atomic E-state index is 14.5. The first-order valence-electron chi connectivity index (χ1n) is 16.5. The fourth-order valence-corrected chi connectivity index (χ4v) is 7.24. The molecule has 2 aliphatic heterocycles. The van der Waals surface area contributed by atoms with Gasteiger partial charge in [-0.2, -0.15) is 5.10 Å². The lowest BCUT2D eigenvalue weighted by molar-refractivity contribution is -0.121. The molecule has 4 aromatic rings. The molecule has 5 heterocycles. The average molecular weight is 660 g/mol. The molecule has 13 heteroatoms. The van der Waals surface area contributed by atoms with Crippen LogP contribution in [0.15, 0.2) is 36.7 Å². The summed E-state index contributed by atoms with van der Waals surface area (Å²) in [5.41, 5.74) is 9.27. The number of piperidine rings is 1. The molecule has 0 radical (unpaired) electrons. The Morgan fingerprint density at radius 2 is 1.88 bits per heavy atom. The molecular weight excluding hydrogens is 620 g/mol. The number of benzene rings is 1. The molecule has 1 aliphatic carbocycles. The molecule has 7 rings (SSSR count). The third kappa shape index (κ3) is 5.89. The summed E-state index contributed by atoms with van der Waals surface area (Å²) in [4.78, 5) is 38.9. The summed E-state index contributed by atoms with van der Waals surface area (Å²) >= 11 is 0. The summed E-state index contributed by atoms with van der Waals surface area (Å²) in [6, 6.07) is 6.68. The summed E-state index contributed by atoms with van der Waals surface area (Å²) in [5.74, 6) is -2.08. The molecule has 1 saturated heterocycles. The predicted molar refractivity (Wildman–Crippen MR) is 175 cm³/mol. The minimum atomic E-state index is -0.846. The number of hydrogen-bond donors (Lipinski definition) is 1. The van der Waals surface area contributed by atoms with Crippen LogP contribution in [0.1, 0.15) is 67.3 Å². The van der Waals surface area contributed by atoms with E-state index in [0.717, 1.165) is 51.0 Å². The standard InChI is InChI=1S/C35H39F2N7O4/c1-19(2)10-27-33(34(38)46)32(25-16-40-44(35(25)41-27)22-6-8-42(9-7-22)23-13-24(14-23)47-3)20-4-5-29-30(11-20)48-18-31(45)43(29)17-28-26(37)12-21(36)15-39-28/h4-5,11-12,15-16,19,22-24H,6-10,13-14,17-18H2,1-3H3,(H2,38,46). The smallest absolute Gasteiger partial charge is 0.265 e. The molecule has 48 heavy (non-hydrogen) atoms. The van der Waals surface area contributed by atoms with Crippen LogP contribution in [0.4, 0.5) is 14.5 Å². The van der Waals surface area contributed by atoms with Gasteiger partial charge in [0.1, 0.15) is 17.4 Å². The van der Waals surface area contributed by atoms with Gasteiger partial charge in [0, 0.05) is 43.3 Å². The van der Waals surface area contributed by atoms with E-state index in [1.165, 1.54) is 4.90 Å². The number of likely N-dealkylation sites (tertiary alicyclic amines) is 1. The molecular formula is C35H39F2N7O4. The Labute approximate surface area is 277 Å². The van der Waals surface area contributed by atoms with Crippen molar-refractivity contribution < 1.29 is 27.8 Å². The Morgan fingerprint density at radius 1 is 1.10 bits per heavy atom. The van der Waals surface area contributed by atoms with E-state index in [4.69, 9.17) is 25.3 Å². The molecule has 2 amide bonds. The van der Waals surface area contributed by atoms with E-state index in [1.807, 2.05) is 4.68 Å². The SMILES string of the molecule is COC1CC(N2CCC(n3ncc4c(-c5ccc6c(c5)OCC(=O)N6Cc5ncc(F)cc5F)c(C(N)=O)c(CC(C)C)nc43)CC2)C1. The van der Waals surface area contributed by atoms with Crippen LogP contribution in [0.3, 0.4) is 0 Å².